The van der Waals surface area contributed by atoms with Crippen molar-refractivity contribution in [2.24, 2.45) is 0 Å². The second kappa shape index (κ2) is 8.70. The minimum atomic E-state index is -3.55. The summed E-state index contributed by atoms with van der Waals surface area (Å²) < 4.78 is 25.9. The lowest BCUT2D eigenvalue weighted by Crippen LogP contribution is -2.23. The number of nitrogens with one attached hydrogen (secondary N) is 1. The molecule has 0 unspecified atom stereocenters. The number of carbonyl (C=O) groups is 1. The molecule has 2 aromatic carbocycles. The van der Waals surface area contributed by atoms with Gasteiger partial charge in [-0.3, -0.25) is 4.79 Å². The van der Waals surface area contributed by atoms with Gasteiger partial charge in [-0.25, -0.2) is 12.7 Å². The van der Waals surface area contributed by atoms with Crippen LogP contribution in [0, 0.1) is 13.8 Å². The summed E-state index contributed by atoms with van der Waals surface area (Å²) in [6, 6.07) is 13.0. The van der Waals surface area contributed by atoms with Crippen molar-refractivity contribution in [3.63, 3.8) is 0 Å². The Morgan fingerprint density at radius 3 is 2.42 bits per heavy atom. The number of hydrogen-bond acceptors (Lipinski definition) is 4. The molecule has 0 bridgehead atoms. The fourth-order valence-electron chi connectivity index (χ4n) is 2.38. The second-order valence-electron chi connectivity index (χ2n) is 6.24. The summed E-state index contributed by atoms with van der Waals surface area (Å²) in [4.78, 5) is 12.4. The highest BCUT2D eigenvalue weighted by atomic mass is 32.2. The van der Waals surface area contributed by atoms with Crippen molar-refractivity contribution in [2.75, 3.05) is 25.2 Å². The largest absolute Gasteiger partial charge is 0.325 e. The predicted octanol–water partition coefficient (Wildman–Crippen LogP) is 3.43. The molecule has 5 nitrogen and oxygen atoms in total. The summed E-state index contributed by atoms with van der Waals surface area (Å²) in [5.41, 5.74) is 3.54. The van der Waals surface area contributed by atoms with E-state index in [1.54, 1.807) is 19.1 Å². The first-order valence-electron chi connectivity index (χ1n) is 8.17. The smallest absolute Gasteiger partial charge is 0.242 e. The molecule has 2 aromatic rings. The van der Waals surface area contributed by atoms with Gasteiger partial charge < -0.3 is 5.32 Å². The fourth-order valence-corrected chi connectivity index (χ4v) is 4.42. The van der Waals surface area contributed by atoms with Gasteiger partial charge in [0.05, 0.1) is 10.6 Å². The average Bonchev–Trinajstić information content (AvgIpc) is 2.58. The number of rotatable bonds is 7. The molecule has 0 spiro atoms. The molecule has 1 N–H and O–H groups in total. The number of nitrogens with zero attached hydrogens (tertiary/aromatic N) is 1. The van der Waals surface area contributed by atoms with Gasteiger partial charge in [-0.15, -0.1) is 11.8 Å². The van der Waals surface area contributed by atoms with E-state index in [0.29, 0.717) is 17.0 Å². The Kier molecular flexibility index (Phi) is 6.86. The second-order valence-corrected chi connectivity index (χ2v) is 9.34. The molecule has 0 atom stereocenters. The predicted molar refractivity (Wildman–Crippen MR) is 108 cm³/mol. The quantitative estimate of drug-likeness (QED) is 0.784. The van der Waals surface area contributed by atoms with Crippen molar-refractivity contribution in [2.45, 2.75) is 24.5 Å². The van der Waals surface area contributed by atoms with E-state index < -0.39 is 10.0 Å². The molecule has 0 saturated heterocycles. The summed E-state index contributed by atoms with van der Waals surface area (Å²) in [5, 5.41) is 2.78. The third kappa shape index (κ3) is 5.09. The van der Waals surface area contributed by atoms with Gasteiger partial charge >= 0.3 is 0 Å². The van der Waals surface area contributed by atoms with E-state index in [-0.39, 0.29) is 10.8 Å². The zero-order valence-corrected chi connectivity index (χ0v) is 17.1. The lowest BCUT2D eigenvalue weighted by atomic mass is 10.1. The first-order chi connectivity index (χ1) is 12.2. The summed E-state index contributed by atoms with van der Waals surface area (Å²) in [6.07, 6.45) is 0. The Hall–Kier alpha value is -1.83. The highest BCUT2D eigenvalue weighted by Crippen LogP contribution is 2.23. The number of anilines is 1. The van der Waals surface area contributed by atoms with Crippen LogP contribution >= 0.6 is 11.8 Å². The Morgan fingerprint density at radius 1 is 1.08 bits per heavy atom. The van der Waals surface area contributed by atoms with E-state index in [2.05, 4.69) is 24.4 Å². The normalized spacial score (nSPS) is 11.6. The number of benzene rings is 2. The zero-order chi connectivity index (χ0) is 19.3. The summed E-state index contributed by atoms with van der Waals surface area (Å²) in [6.45, 7) is 3.79. The van der Waals surface area contributed by atoms with Crippen molar-refractivity contribution in [1.29, 1.82) is 0 Å². The molecule has 0 saturated carbocycles. The van der Waals surface area contributed by atoms with Crippen LogP contribution in [0.25, 0.3) is 0 Å². The van der Waals surface area contributed by atoms with E-state index in [9.17, 15) is 13.2 Å². The van der Waals surface area contributed by atoms with Crippen molar-refractivity contribution in [1.82, 2.24) is 4.31 Å². The van der Waals surface area contributed by atoms with Crippen LogP contribution in [0.15, 0.2) is 47.4 Å². The molecule has 0 aliphatic carbocycles. The van der Waals surface area contributed by atoms with E-state index in [1.165, 1.54) is 47.4 Å². The van der Waals surface area contributed by atoms with Gasteiger partial charge in [0.1, 0.15) is 0 Å². The highest BCUT2D eigenvalue weighted by Gasteiger charge is 2.20. The van der Waals surface area contributed by atoms with Gasteiger partial charge in [0.25, 0.3) is 0 Å². The van der Waals surface area contributed by atoms with Gasteiger partial charge in [-0.1, -0.05) is 30.3 Å². The lowest BCUT2D eigenvalue weighted by Gasteiger charge is -2.15. The number of hydrogen-bond donors (Lipinski definition) is 1. The van der Waals surface area contributed by atoms with Gasteiger partial charge in [-0.2, -0.15) is 0 Å². The fraction of sp³-hybridized carbons (Fsp3) is 0.316. The average molecular weight is 393 g/mol. The van der Waals surface area contributed by atoms with E-state index in [0.717, 1.165) is 5.75 Å². The Bertz CT molecular complexity index is 893. The molecule has 2 rings (SSSR count). The standard InChI is InChI=1S/C19H24N2O3S2/c1-14-7-5-6-8-16(14)12-25-13-19(22)20-17-10-9-15(2)18(11-17)26(23,24)21(3)4/h5-11H,12-13H2,1-4H3,(H,20,22). The number of carbonyl (C=O) groups excluding carboxylic acids is 1. The van der Waals surface area contributed by atoms with Gasteiger partial charge in [0, 0.05) is 25.5 Å². The molecule has 0 aromatic heterocycles. The van der Waals surface area contributed by atoms with Crippen LogP contribution in [0.5, 0.6) is 0 Å². The minimum Gasteiger partial charge on any atom is -0.325 e. The van der Waals surface area contributed by atoms with Crippen molar-refractivity contribution in [3.05, 3.63) is 59.2 Å². The molecular weight excluding hydrogens is 368 g/mol. The maximum Gasteiger partial charge on any atom is 0.242 e. The molecule has 140 valence electrons. The maximum absolute atomic E-state index is 12.4. The van der Waals surface area contributed by atoms with Crippen LogP contribution in [-0.2, 0) is 20.6 Å². The van der Waals surface area contributed by atoms with E-state index >= 15 is 0 Å². The van der Waals surface area contributed by atoms with Gasteiger partial charge in [0.2, 0.25) is 15.9 Å². The number of sulfonamides is 1. The molecule has 0 fully saturated rings. The summed E-state index contributed by atoms with van der Waals surface area (Å²) in [5.74, 6) is 0.910. The van der Waals surface area contributed by atoms with Crippen LogP contribution in [0.1, 0.15) is 16.7 Å². The molecule has 7 heteroatoms. The summed E-state index contributed by atoms with van der Waals surface area (Å²) in [7, 11) is -0.570. The number of thioether (sulfide) groups is 1. The maximum atomic E-state index is 12.4. The zero-order valence-electron chi connectivity index (χ0n) is 15.4. The van der Waals surface area contributed by atoms with Gasteiger partial charge in [0.15, 0.2) is 0 Å². The van der Waals surface area contributed by atoms with Crippen LogP contribution in [0.4, 0.5) is 5.69 Å². The third-order valence-electron chi connectivity index (χ3n) is 3.98. The first kappa shape index (κ1) is 20.5. The van der Waals surface area contributed by atoms with E-state index in [4.69, 9.17) is 0 Å². The number of aryl methyl sites for hydroxylation is 2. The number of amides is 1. The highest BCUT2D eigenvalue weighted by molar-refractivity contribution is 7.99. The monoisotopic (exact) mass is 392 g/mol. The topological polar surface area (TPSA) is 66.5 Å². The van der Waals surface area contributed by atoms with Crippen LogP contribution in [0.3, 0.4) is 0 Å². The molecule has 0 aliphatic heterocycles. The molecule has 0 aliphatic rings. The molecule has 0 heterocycles. The van der Waals surface area contributed by atoms with Gasteiger partial charge in [-0.05, 0) is 42.7 Å². The molecular formula is C19H24N2O3S2. The van der Waals surface area contributed by atoms with Crippen LogP contribution in [0.2, 0.25) is 0 Å². The van der Waals surface area contributed by atoms with E-state index in [1.807, 2.05) is 12.1 Å². The lowest BCUT2D eigenvalue weighted by molar-refractivity contribution is -0.113. The molecule has 26 heavy (non-hydrogen) atoms. The van der Waals surface area contributed by atoms with Crippen molar-refractivity contribution < 1.29 is 13.2 Å². The third-order valence-corrected chi connectivity index (χ3v) is 6.92. The van der Waals surface area contributed by atoms with Crippen LogP contribution < -0.4 is 5.32 Å². The Labute approximate surface area is 159 Å². The summed E-state index contributed by atoms with van der Waals surface area (Å²) >= 11 is 1.53. The first-order valence-corrected chi connectivity index (χ1v) is 10.8. The Balaban J connectivity index is 2.00. The van der Waals surface area contributed by atoms with Crippen molar-refractivity contribution in [3.8, 4) is 0 Å². The molecule has 0 radical (unpaired) electrons. The van der Waals surface area contributed by atoms with Crippen molar-refractivity contribution >= 4 is 33.4 Å². The Morgan fingerprint density at radius 2 is 1.77 bits per heavy atom. The SMILES string of the molecule is Cc1ccccc1CSCC(=O)Nc1ccc(C)c(S(=O)(=O)N(C)C)c1. The minimum absolute atomic E-state index is 0.152. The molecule has 1 amide bonds. The van der Waals surface area contributed by atoms with Crippen LogP contribution in [-0.4, -0.2) is 38.5 Å².